The predicted octanol–water partition coefficient (Wildman–Crippen LogP) is 7.67. The molecule has 0 unspecified atom stereocenters. The van der Waals surface area contributed by atoms with Gasteiger partial charge in [-0.25, -0.2) is 0 Å². The molecule has 0 rings (SSSR count). The molecule has 180 valence electrons. The Morgan fingerprint density at radius 2 is 0.688 bits per heavy atom. The van der Waals surface area contributed by atoms with E-state index in [-0.39, 0.29) is 0 Å². The van der Waals surface area contributed by atoms with E-state index in [1.807, 2.05) is 12.2 Å². The molecule has 0 aromatic carbocycles. The molecule has 0 fully saturated rings. The third-order valence-corrected chi connectivity index (χ3v) is 5.63. The molecule has 2 heteroatoms. The van der Waals surface area contributed by atoms with E-state index in [1.54, 1.807) is 12.2 Å². The normalized spacial score (nSPS) is 13.6. The molecule has 0 saturated carbocycles. The van der Waals surface area contributed by atoms with E-state index in [1.165, 1.54) is 103 Å². The maximum absolute atomic E-state index is 9.21. The Balaban J connectivity index is 3.21. The van der Waals surface area contributed by atoms with E-state index in [9.17, 15) is 10.2 Å². The van der Waals surface area contributed by atoms with Crippen LogP contribution < -0.4 is 0 Å². The zero-order valence-electron chi connectivity index (χ0n) is 20.4. The van der Waals surface area contributed by atoms with E-state index >= 15 is 0 Å². The van der Waals surface area contributed by atoms with Crippen LogP contribution in [0.2, 0.25) is 0 Å². The minimum absolute atomic E-state index is 0.721. The van der Waals surface area contributed by atoms with Crippen molar-refractivity contribution in [3.05, 3.63) is 36.5 Å². The highest BCUT2D eigenvalue weighted by Gasteiger charge is 1.94. The molecule has 0 spiro atoms. The Morgan fingerprint density at radius 3 is 0.969 bits per heavy atom. The average molecular weight is 441 g/mol. The summed E-state index contributed by atoms with van der Waals surface area (Å²) in [5.41, 5.74) is 0. The molecule has 0 bridgehead atoms. The minimum Gasteiger partial charge on any atom is -0.377 e. The highest BCUT2D eigenvalue weighted by Crippen LogP contribution is 2.12. The molecule has 0 aliphatic heterocycles. The summed E-state index contributed by atoms with van der Waals surface area (Å²) in [6.07, 6.45) is 43.7. The van der Waals surface area contributed by atoms with Crippen LogP contribution in [-0.4, -0.2) is 22.4 Å². The lowest BCUT2D eigenvalue weighted by molar-refractivity contribution is 0.280. The van der Waals surface area contributed by atoms with Crippen molar-refractivity contribution in [1.82, 2.24) is 0 Å². The van der Waals surface area contributed by atoms with E-state index in [4.69, 9.17) is 12.8 Å². The first-order chi connectivity index (χ1) is 15.7. The van der Waals surface area contributed by atoms with E-state index in [0.29, 0.717) is 0 Å². The van der Waals surface area contributed by atoms with Crippen molar-refractivity contribution in [2.24, 2.45) is 0 Å². The maximum Gasteiger partial charge on any atom is 0.133 e. The van der Waals surface area contributed by atoms with Gasteiger partial charge in [0.15, 0.2) is 0 Å². The van der Waals surface area contributed by atoms with Crippen LogP contribution in [0.3, 0.4) is 0 Å². The van der Waals surface area contributed by atoms with Gasteiger partial charge in [-0.05, 0) is 63.5 Å². The topological polar surface area (TPSA) is 40.5 Å². The van der Waals surface area contributed by atoms with Gasteiger partial charge < -0.3 is 10.2 Å². The standard InChI is InChI=1S/C30H48O2/c1-3-29(31)27-25-23-21-19-17-15-13-11-9-7-5-6-8-10-12-14-16-18-20-22-24-26-28-30(32)4-2/h1-2,5-6,25-32H,7-24H2/t29-,30-/m0/s1. The van der Waals surface area contributed by atoms with Crippen LogP contribution in [0.4, 0.5) is 0 Å². The van der Waals surface area contributed by atoms with Gasteiger partial charge in [0, 0.05) is 0 Å². The first kappa shape index (κ1) is 30.3. The number of aliphatic hydroxyl groups excluding tert-OH is 2. The fourth-order valence-corrected chi connectivity index (χ4v) is 3.61. The molecule has 0 amide bonds. The Hall–Kier alpha value is -1.74. The van der Waals surface area contributed by atoms with Crippen LogP contribution in [0.25, 0.3) is 0 Å². The summed E-state index contributed by atoms with van der Waals surface area (Å²) in [4.78, 5) is 0. The van der Waals surface area contributed by atoms with Gasteiger partial charge >= 0.3 is 0 Å². The van der Waals surface area contributed by atoms with Gasteiger partial charge in [-0.3, -0.25) is 0 Å². The summed E-state index contributed by atoms with van der Waals surface area (Å²) in [5.74, 6) is 4.57. The lowest BCUT2D eigenvalue weighted by Crippen LogP contribution is -1.95. The SMILES string of the molecule is C#C[C@H](O)C=CCCCCCCCCCC=CCCCCCCCCCC=C[C@@H](O)C#C. The molecule has 2 atom stereocenters. The summed E-state index contributed by atoms with van der Waals surface area (Å²) in [6.45, 7) is 0. The molecule has 2 nitrogen and oxygen atoms in total. The van der Waals surface area contributed by atoms with Crippen molar-refractivity contribution in [2.45, 2.75) is 128 Å². The van der Waals surface area contributed by atoms with Crippen molar-refractivity contribution in [1.29, 1.82) is 0 Å². The first-order valence-corrected chi connectivity index (χ1v) is 13.0. The number of unbranched alkanes of at least 4 members (excludes halogenated alkanes) is 16. The number of hydrogen-bond acceptors (Lipinski definition) is 2. The number of rotatable bonds is 22. The second-order valence-electron chi connectivity index (χ2n) is 8.66. The van der Waals surface area contributed by atoms with Crippen molar-refractivity contribution >= 4 is 0 Å². The Bertz CT molecular complexity index is 508. The highest BCUT2D eigenvalue weighted by molar-refractivity contribution is 5.06. The number of terminal acetylenes is 2. The fraction of sp³-hybridized carbons (Fsp3) is 0.667. The first-order valence-electron chi connectivity index (χ1n) is 13.0. The smallest absolute Gasteiger partial charge is 0.133 e. The molecule has 0 aliphatic carbocycles. The van der Waals surface area contributed by atoms with E-state index < -0.39 is 12.2 Å². The van der Waals surface area contributed by atoms with E-state index in [2.05, 4.69) is 24.0 Å². The Labute approximate surface area is 199 Å². The molecule has 2 N–H and O–H groups in total. The zero-order valence-corrected chi connectivity index (χ0v) is 20.4. The van der Waals surface area contributed by atoms with Gasteiger partial charge in [0.1, 0.15) is 12.2 Å². The largest absolute Gasteiger partial charge is 0.377 e. The van der Waals surface area contributed by atoms with Crippen LogP contribution in [-0.2, 0) is 0 Å². The molecule has 0 aromatic rings. The minimum atomic E-state index is -0.721. The average Bonchev–Trinajstić information content (AvgIpc) is 2.81. The third kappa shape index (κ3) is 24.5. The molecule has 0 aromatic heterocycles. The lowest BCUT2D eigenvalue weighted by atomic mass is 10.1. The summed E-state index contributed by atoms with van der Waals surface area (Å²) < 4.78 is 0. The van der Waals surface area contributed by atoms with Crippen LogP contribution in [0.5, 0.6) is 0 Å². The van der Waals surface area contributed by atoms with Crippen LogP contribution in [0.15, 0.2) is 36.5 Å². The predicted molar refractivity (Wildman–Crippen MR) is 140 cm³/mol. The van der Waals surface area contributed by atoms with Gasteiger partial charge in [-0.1, -0.05) is 100 Å². The van der Waals surface area contributed by atoms with Crippen LogP contribution in [0.1, 0.15) is 116 Å². The zero-order chi connectivity index (χ0) is 23.5. The molecule has 32 heavy (non-hydrogen) atoms. The summed E-state index contributed by atoms with van der Waals surface area (Å²) in [5, 5.41) is 18.4. The summed E-state index contributed by atoms with van der Waals surface area (Å²) in [7, 11) is 0. The quantitative estimate of drug-likeness (QED) is 0.103. The van der Waals surface area contributed by atoms with Crippen molar-refractivity contribution in [3.8, 4) is 24.7 Å². The summed E-state index contributed by atoms with van der Waals surface area (Å²) in [6, 6.07) is 0. The van der Waals surface area contributed by atoms with Crippen LogP contribution >= 0.6 is 0 Å². The van der Waals surface area contributed by atoms with Crippen LogP contribution in [0, 0.1) is 24.7 Å². The maximum atomic E-state index is 9.21. The monoisotopic (exact) mass is 440 g/mol. The Kier molecular flexibility index (Phi) is 24.1. The second-order valence-corrected chi connectivity index (χ2v) is 8.66. The van der Waals surface area contributed by atoms with Gasteiger partial charge in [0.05, 0.1) is 0 Å². The Morgan fingerprint density at radius 1 is 0.438 bits per heavy atom. The second kappa shape index (κ2) is 25.5. The number of allylic oxidation sites excluding steroid dienone is 4. The lowest BCUT2D eigenvalue weighted by Gasteiger charge is -2.01. The van der Waals surface area contributed by atoms with Gasteiger partial charge in [0.2, 0.25) is 0 Å². The molecule has 0 heterocycles. The highest BCUT2D eigenvalue weighted by atomic mass is 16.3. The van der Waals surface area contributed by atoms with Crippen molar-refractivity contribution in [3.63, 3.8) is 0 Å². The van der Waals surface area contributed by atoms with Gasteiger partial charge in [-0.2, -0.15) is 0 Å². The third-order valence-electron chi connectivity index (χ3n) is 5.63. The fourth-order valence-electron chi connectivity index (χ4n) is 3.61. The number of aliphatic hydroxyl groups is 2. The van der Waals surface area contributed by atoms with Crippen molar-refractivity contribution < 1.29 is 10.2 Å². The molecule has 0 radical (unpaired) electrons. The molecule has 0 aliphatic rings. The van der Waals surface area contributed by atoms with Crippen molar-refractivity contribution in [2.75, 3.05) is 0 Å². The van der Waals surface area contributed by atoms with Gasteiger partial charge in [-0.15, -0.1) is 12.8 Å². The molecular formula is C30H48O2. The van der Waals surface area contributed by atoms with Gasteiger partial charge in [0.25, 0.3) is 0 Å². The summed E-state index contributed by atoms with van der Waals surface area (Å²) >= 11 is 0. The van der Waals surface area contributed by atoms with E-state index in [0.717, 1.165) is 12.8 Å². The molecular weight excluding hydrogens is 392 g/mol. The number of hydrogen-bond donors (Lipinski definition) is 2. The molecule has 0 saturated heterocycles.